The van der Waals surface area contributed by atoms with Crippen molar-refractivity contribution in [2.75, 3.05) is 5.32 Å². The van der Waals surface area contributed by atoms with E-state index in [-0.39, 0.29) is 5.75 Å². The minimum Gasteiger partial charge on any atom is -0.507 e. The summed E-state index contributed by atoms with van der Waals surface area (Å²) >= 11 is 7.53. The van der Waals surface area contributed by atoms with Gasteiger partial charge in [-0.15, -0.1) is 0 Å². The molecule has 0 aliphatic heterocycles. The maximum atomic E-state index is 9.91. The van der Waals surface area contributed by atoms with E-state index in [9.17, 15) is 5.11 Å². The lowest BCUT2D eigenvalue weighted by atomic mass is 10.1. The highest BCUT2D eigenvalue weighted by atomic mass is 127. The summed E-state index contributed by atoms with van der Waals surface area (Å²) in [7, 11) is 0. The molecule has 0 heterocycles. The first-order chi connectivity index (χ1) is 10.9. The van der Waals surface area contributed by atoms with Crippen LogP contribution in [0.5, 0.6) is 5.75 Å². The third-order valence-corrected chi connectivity index (χ3v) is 4.18. The van der Waals surface area contributed by atoms with Gasteiger partial charge in [0.15, 0.2) is 5.11 Å². The highest BCUT2D eigenvalue weighted by Crippen LogP contribution is 2.19. The third kappa shape index (κ3) is 4.90. The second kappa shape index (κ2) is 7.74. The van der Waals surface area contributed by atoms with Crippen molar-refractivity contribution < 1.29 is 5.11 Å². The van der Waals surface area contributed by atoms with Crippen LogP contribution in [0.3, 0.4) is 0 Å². The summed E-state index contributed by atoms with van der Waals surface area (Å²) in [4.78, 5) is 0. The summed E-state index contributed by atoms with van der Waals surface area (Å²) in [5, 5.41) is 17.7. The van der Waals surface area contributed by atoms with E-state index in [4.69, 9.17) is 12.2 Å². The zero-order chi connectivity index (χ0) is 17.0. The van der Waals surface area contributed by atoms with Gasteiger partial charge in [-0.25, -0.2) is 0 Å². The fourth-order valence-electron chi connectivity index (χ4n) is 2.01. The standard InChI is InChI=1S/C17H18IN3OS/c1-10-4-7-16(22)14(8-10)12(3)20-21-17(23)19-15-9-13(18)6-5-11(15)2/h4-9,22H,1-3H3,(H2,19,21,23). The Morgan fingerprint density at radius 1 is 1.17 bits per heavy atom. The van der Waals surface area contributed by atoms with Crippen molar-refractivity contribution in [3.05, 3.63) is 56.7 Å². The largest absolute Gasteiger partial charge is 0.507 e. The molecule has 0 saturated heterocycles. The van der Waals surface area contributed by atoms with Crippen LogP contribution in [0.1, 0.15) is 23.6 Å². The number of nitrogens with zero attached hydrogens (tertiary/aromatic N) is 1. The fraction of sp³-hybridized carbons (Fsp3) is 0.176. The van der Waals surface area contributed by atoms with Crippen molar-refractivity contribution >= 4 is 51.3 Å². The molecule has 0 bridgehead atoms. The second-order valence-electron chi connectivity index (χ2n) is 5.24. The van der Waals surface area contributed by atoms with Gasteiger partial charge >= 0.3 is 0 Å². The quantitative estimate of drug-likeness (QED) is 0.289. The number of hydrogen-bond acceptors (Lipinski definition) is 3. The fourth-order valence-corrected chi connectivity index (χ4v) is 2.66. The van der Waals surface area contributed by atoms with Crippen molar-refractivity contribution in [1.29, 1.82) is 0 Å². The molecule has 0 aliphatic carbocycles. The topological polar surface area (TPSA) is 56.7 Å². The molecule has 120 valence electrons. The molecule has 0 saturated carbocycles. The van der Waals surface area contributed by atoms with Gasteiger partial charge in [-0.1, -0.05) is 17.7 Å². The summed E-state index contributed by atoms with van der Waals surface area (Å²) in [6.07, 6.45) is 0. The lowest BCUT2D eigenvalue weighted by Gasteiger charge is -2.11. The molecule has 0 fully saturated rings. The Balaban J connectivity index is 2.08. The number of phenolic OH excluding ortho intramolecular Hbond substituents is 1. The van der Waals surface area contributed by atoms with Crippen LogP contribution in [0.15, 0.2) is 41.5 Å². The number of benzene rings is 2. The molecule has 2 rings (SSSR count). The molecular formula is C17H18IN3OS. The van der Waals surface area contributed by atoms with Crippen molar-refractivity contribution in [2.24, 2.45) is 5.10 Å². The summed E-state index contributed by atoms with van der Waals surface area (Å²) in [6.45, 7) is 5.80. The highest BCUT2D eigenvalue weighted by molar-refractivity contribution is 14.1. The lowest BCUT2D eigenvalue weighted by molar-refractivity contribution is 0.474. The molecule has 2 aromatic carbocycles. The van der Waals surface area contributed by atoms with E-state index in [0.717, 1.165) is 20.4 Å². The maximum Gasteiger partial charge on any atom is 0.191 e. The van der Waals surface area contributed by atoms with Crippen LogP contribution in [0.25, 0.3) is 0 Å². The normalized spacial score (nSPS) is 11.2. The SMILES string of the molecule is CC(=NNC(=S)Nc1cc(I)ccc1C)c1cc(C)ccc1O. The zero-order valence-corrected chi connectivity index (χ0v) is 16.1. The van der Waals surface area contributed by atoms with Crippen LogP contribution in [0, 0.1) is 17.4 Å². The predicted molar refractivity (Wildman–Crippen MR) is 108 cm³/mol. The van der Waals surface area contributed by atoms with Crippen molar-refractivity contribution in [3.8, 4) is 5.75 Å². The first kappa shape index (κ1) is 17.7. The van der Waals surface area contributed by atoms with Gasteiger partial charge in [-0.05, 0) is 85.4 Å². The average molecular weight is 439 g/mol. The number of halogens is 1. The minimum atomic E-state index is 0.200. The summed E-state index contributed by atoms with van der Waals surface area (Å²) in [5.41, 5.74) is 7.27. The Labute approximate surface area is 155 Å². The molecule has 0 amide bonds. The number of aromatic hydroxyl groups is 1. The van der Waals surface area contributed by atoms with E-state index in [0.29, 0.717) is 16.4 Å². The van der Waals surface area contributed by atoms with Gasteiger partial charge in [0.1, 0.15) is 5.75 Å². The molecule has 0 spiro atoms. The summed E-state index contributed by atoms with van der Waals surface area (Å²) in [6, 6.07) is 11.5. The minimum absolute atomic E-state index is 0.200. The Morgan fingerprint density at radius 3 is 2.65 bits per heavy atom. The molecule has 0 atom stereocenters. The average Bonchev–Trinajstić information content (AvgIpc) is 2.51. The van der Waals surface area contributed by atoms with E-state index in [1.807, 2.05) is 51.1 Å². The van der Waals surface area contributed by atoms with Gasteiger partial charge in [-0.2, -0.15) is 5.10 Å². The van der Waals surface area contributed by atoms with Crippen molar-refractivity contribution in [2.45, 2.75) is 20.8 Å². The number of hydrazone groups is 1. The number of anilines is 1. The molecule has 4 nitrogen and oxygen atoms in total. The van der Waals surface area contributed by atoms with Gasteiger partial charge in [-0.3, -0.25) is 5.43 Å². The van der Waals surface area contributed by atoms with Crippen LogP contribution < -0.4 is 10.7 Å². The van der Waals surface area contributed by atoms with Crippen LogP contribution in [-0.4, -0.2) is 15.9 Å². The molecule has 2 aromatic rings. The number of aryl methyl sites for hydroxylation is 2. The number of rotatable bonds is 3. The molecule has 0 aromatic heterocycles. The first-order valence-corrected chi connectivity index (χ1v) is 8.53. The van der Waals surface area contributed by atoms with Crippen molar-refractivity contribution in [1.82, 2.24) is 5.43 Å². The van der Waals surface area contributed by atoms with Gasteiger partial charge in [0, 0.05) is 14.8 Å². The van der Waals surface area contributed by atoms with Gasteiger partial charge in [0.05, 0.1) is 5.71 Å². The molecule has 6 heteroatoms. The van der Waals surface area contributed by atoms with Crippen LogP contribution in [-0.2, 0) is 0 Å². The van der Waals surface area contributed by atoms with Crippen molar-refractivity contribution in [3.63, 3.8) is 0 Å². The van der Waals surface area contributed by atoms with Gasteiger partial charge in [0.2, 0.25) is 0 Å². The lowest BCUT2D eigenvalue weighted by Crippen LogP contribution is -2.25. The highest BCUT2D eigenvalue weighted by Gasteiger charge is 2.06. The van der Waals surface area contributed by atoms with E-state index in [2.05, 4.69) is 38.4 Å². The summed E-state index contributed by atoms with van der Waals surface area (Å²) < 4.78 is 1.13. The van der Waals surface area contributed by atoms with E-state index >= 15 is 0 Å². The van der Waals surface area contributed by atoms with Gasteiger partial charge in [0.25, 0.3) is 0 Å². The molecule has 23 heavy (non-hydrogen) atoms. The number of hydrogen-bond donors (Lipinski definition) is 3. The van der Waals surface area contributed by atoms with Gasteiger partial charge < -0.3 is 10.4 Å². The Morgan fingerprint density at radius 2 is 1.91 bits per heavy atom. The second-order valence-corrected chi connectivity index (χ2v) is 6.90. The third-order valence-electron chi connectivity index (χ3n) is 3.31. The molecule has 0 unspecified atom stereocenters. The monoisotopic (exact) mass is 439 g/mol. The smallest absolute Gasteiger partial charge is 0.191 e. The number of thiocarbonyl (C=S) groups is 1. The van der Waals surface area contributed by atoms with E-state index in [1.165, 1.54) is 0 Å². The van der Waals surface area contributed by atoms with E-state index in [1.54, 1.807) is 6.07 Å². The molecule has 0 radical (unpaired) electrons. The van der Waals surface area contributed by atoms with Crippen LogP contribution in [0.4, 0.5) is 5.69 Å². The summed E-state index contributed by atoms with van der Waals surface area (Å²) in [5.74, 6) is 0.200. The Hall–Kier alpha value is -1.67. The number of phenols is 1. The molecule has 0 aliphatic rings. The van der Waals surface area contributed by atoms with Crippen LogP contribution in [0.2, 0.25) is 0 Å². The molecular weight excluding hydrogens is 421 g/mol. The first-order valence-electron chi connectivity index (χ1n) is 7.04. The molecule has 3 N–H and O–H groups in total. The predicted octanol–water partition coefficient (Wildman–Crippen LogP) is 4.32. The Bertz CT molecular complexity index is 774. The number of nitrogens with one attached hydrogen (secondary N) is 2. The van der Waals surface area contributed by atoms with Crippen LogP contribution >= 0.6 is 34.8 Å². The zero-order valence-electron chi connectivity index (χ0n) is 13.1. The maximum absolute atomic E-state index is 9.91. The Kier molecular flexibility index (Phi) is 5.95. The van der Waals surface area contributed by atoms with E-state index < -0.39 is 0 Å².